The number of hydrogen-bond donors (Lipinski definition) is 0. The van der Waals surface area contributed by atoms with Gasteiger partial charge in [-0.1, -0.05) is 66.2 Å². The minimum atomic E-state index is -0.168. The first-order valence-electron chi connectivity index (χ1n) is 8.39. The van der Waals surface area contributed by atoms with Crippen molar-refractivity contribution in [1.29, 1.82) is 0 Å². The summed E-state index contributed by atoms with van der Waals surface area (Å²) in [6.07, 6.45) is 10.7. The summed E-state index contributed by atoms with van der Waals surface area (Å²) in [4.78, 5) is 0. The fourth-order valence-electron chi connectivity index (χ4n) is 4.60. The lowest BCUT2D eigenvalue weighted by molar-refractivity contribution is -0.0101. The second-order valence-corrected chi connectivity index (χ2v) is 7.51. The minimum Gasteiger partial charge on any atom is -0.0654 e. The zero-order chi connectivity index (χ0) is 13.4. The van der Waals surface area contributed by atoms with E-state index in [0.29, 0.717) is 11.8 Å². The Morgan fingerprint density at radius 1 is 1.18 bits per heavy atom. The minimum absolute atomic E-state index is 0.137. The molecule has 2 saturated carbocycles. The Hall–Kier alpha value is 0. The van der Waals surface area contributed by atoms with Gasteiger partial charge in [0.05, 0.1) is 0 Å². The maximum Gasteiger partial charge on any atom is 0.0314 e. The van der Waals surface area contributed by atoms with Crippen molar-refractivity contribution in [2.75, 3.05) is 0 Å². The first kappa shape index (κ1) is 12.1. The Labute approximate surface area is 110 Å². The summed E-state index contributed by atoms with van der Waals surface area (Å²) in [5.74, 6) is 2.11. The van der Waals surface area contributed by atoms with Crippen molar-refractivity contribution < 1.29 is 1.37 Å². The Kier molecular flexibility index (Phi) is 3.78. The van der Waals surface area contributed by atoms with Crippen molar-refractivity contribution in [2.45, 2.75) is 79.1 Å². The monoisotopic (exact) mass is 237 g/mol. The van der Waals surface area contributed by atoms with E-state index in [4.69, 9.17) is 0 Å². The van der Waals surface area contributed by atoms with Gasteiger partial charge in [-0.3, -0.25) is 0 Å². The largest absolute Gasteiger partial charge is 0.0654 e. The van der Waals surface area contributed by atoms with E-state index in [1.165, 1.54) is 51.4 Å². The van der Waals surface area contributed by atoms with Crippen LogP contribution in [0.25, 0.3) is 0 Å². The molecule has 100 valence electrons. The third-order valence-corrected chi connectivity index (χ3v) is 5.05. The Morgan fingerprint density at radius 2 is 1.94 bits per heavy atom. The number of fused-ring (bicyclic) bond motifs is 2. The van der Waals surface area contributed by atoms with E-state index in [2.05, 4.69) is 27.7 Å². The summed E-state index contributed by atoms with van der Waals surface area (Å²) in [7, 11) is 0. The standard InChI is InChI=1S/C17H32/c1-5-6-9-14-11-13-8-7-10-15(12-13)16(14)17(2,3)4/h13-16H,5-12H2,1-4H3/i16D. The molecule has 0 heterocycles. The predicted octanol–water partition coefficient (Wildman–Crippen LogP) is 5.67. The molecule has 2 aliphatic carbocycles. The van der Waals surface area contributed by atoms with Gasteiger partial charge >= 0.3 is 0 Å². The third-order valence-electron chi connectivity index (χ3n) is 5.05. The number of rotatable bonds is 3. The van der Waals surface area contributed by atoms with E-state index in [-0.39, 0.29) is 11.3 Å². The predicted molar refractivity (Wildman–Crippen MR) is 76.0 cm³/mol. The molecular weight excluding hydrogens is 204 g/mol. The van der Waals surface area contributed by atoms with Crippen LogP contribution in [0, 0.1) is 29.1 Å². The van der Waals surface area contributed by atoms with Crippen LogP contribution in [0.15, 0.2) is 0 Å². The van der Waals surface area contributed by atoms with E-state index < -0.39 is 0 Å². The molecule has 0 amide bonds. The molecule has 17 heavy (non-hydrogen) atoms. The molecule has 2 aliphatic rings. The number of unbranched alkanes of at least 4 members (excludes halogenated alkanes) is 1. The average molecular weight is 237 g/mol. The zero-order valence-electron chi connectivity index (χ0n) is 13.4. The molecule has 0 aromatic rings. The maximum absolute atomic E-state index is 9.29. The lowest BCUT2D eigenvalue weighted by atomic mass is 9.54. The Morgan fingerprint density at radius 3 is 2.59 bits per heavy atom. The van der Waals surface area contributed by atoms with Gasteiger partial charge in [-0.05, 0) is 41.9 Å². The van der Waals surface area contributed by atoms with Crippen molar-refractivity contribution >= 4 is 0 Å². The van der Waals surface area contributed by atoms with Crippen molar-refractivity contribution in [1.82, 2.24) is 0 Å². The second kappa shape index (κ2) is 5.33. The molecule has 2 fully saturated rings. The van der Waals surface area contributed by atoms with E-state index >= 15 is 0 Å². The first-order chi connectivity index (χ1) is 8.39. The summed E-state index contributed by atoms with van der Waals surface area (Å²) in [5.41, 5.74) is 0.137. The Balaban J connectivity index is 2.23. The van der Waals surface area contributed by atoms with E-state index in [1.807, 2.05) is 0 Å². The fraction of sp³-hybridized carbons (Fsp3) is 1.00. The second-order valence-electron chi connectivity index (χ2n) is 7.51. The molecule has 0 spiro atoms. The van der Waals surface area contributed by atoms with Crippen molar-refractivity contribution in [3.8, 4) is 0 Å². The van der Waals surface area contributed by atoms with E-state index in [0.717, 1.165) is 5.92 Å². The smallest absolute Gasteiger partial charge is 0.0314 e. The maximum atomic E-state index is 9.29. The molecular formula is C17H32. The molecule has 0 nitrogen and oxygen atoms in total. The van der Waals surface area contributed by atoms with Crippen molar-refractivity contribution in [2.24, 2.45) is 29.1 Å². The van der Waals surface area contributed by atoms with Crippen LogP contribution in [-0.2, 0) is 0 Å². The van der Waals surface area contributed by atoms with Crippen molar-refractivity contribution in [3.05, 3.63) is 0 Å². The zero-order valence-corrected chi connectivity index (χ0v) is 12.4. The highest BCUT2D eigenvalue weighted by Crippen LogP contribution is 2.53. The normalized spacial score (nSPS) is 43.3. The van der Waals surface area contributed by atoms with Crippen LogP contribution in [0.5, 0.6) is 0 Å². The Bertz CT molecular complexity index is 278. The highest BCUT2D eigenvalue weighted by Gasteiger charge is 2.44. The first-order valence-corrected chi connectivity index (χ1v) is 7.89. The molecule has 0 aromatic carbocycles. The van der Waals surface area contributed by atoms with Crippen LogP contribution in [0.3, 0.4) is 0 Å². The molecule has 0 aliphatic heterocycles. The van der Waals surface area contributed by atoms with Crippen LogP contribution in [-0.4, -0.2) is 0 Å². The summed E-state index contributed by atoms with van der Waals surface area (Å²) < 4.78 is 9.29. The van der Waals surface area contributed by atoms with Crippen molar-refractivity contribution in [3.63, 3.8) is 0 Å². The van der Waals surface area contributed by atoms with Gasteiger partial charge in [0.25, 0.3) is 0 Å². The summed E-state index contributed by atoms with van der Waals surface area (Å²) in [6, 6.07) is 0. The van der Waals surface area contributed by atoms with Gasteiger partial charge in [-0.25, -0.2) is 0 Å². The fourth-order valence-corrected chi connectivity index (χ4v) is 4.60. The lowest BCUT2D eigenvalue weighted by Gasteiger charge is -2.51. The molecule has 0 N–H and O–H groups in total. The van der Waals surface area contributed by atoms with Crippen LogP contribution in [0.4, 0.5) is 0 Å². The summed E-state index contributed by atoms with van der Waals surface area (Å²) in [5, 5.41) is 0. The van der Waals surface area contributed by atoms with Gasteiger partial charge in [0.1, 0.15) is 0 Å². The van der Waals surface area contributed by atoms with Gasteiger partial charge in [-0.2, -0.15) is 0 Å². The molecule has 4 atom stereocenters. The van der Waals surface area contributed by atoms with E-state index in [9.17, 15) is 1.37 Å². The lowest BCUT2D eigenvalue weighted by Crippen LogP contribution is -2.42. The van der Waals surface area contributed by atoms with Crippen LogP contribution >= 0.6 is 0 Å². The molecule has 2 rings (SSSR count). The van der Waals surface area contributed by atoms with Gasteiger partial charge in [0.15, 0.2) is 0 Å². The highest BCUT2D eigenvalue weighted by molar-refractivity contribution is 4.94. The third kappa shape index (κ3) is 3.06. The van der Waals surface area contributed by atoms with Crippen LogP contribution in [0.1, 0.15) is 80.4 Å². The average Bonchev–Trinajstić information content (AvgIpc) is 2.31. The number of hydrogen-bond acceptors (Lipinski definition) is 0. The molecule has 0 radical (unpaired) electrons. The highest BCUT2D eigenvalue weighted by atomic mass is 14.5. The van der Waals surface area contributed by atoms with Gasteiger partial charge in [-0.15, -0.1) is 0 Å². The SMILES string of the molecule is [2H]C1(C(C)(C)C)C(CCCC)CC2CCCC1C2. The molecule has 0 saturated heterocycles. The van der Waals surface area contributed by atoms with Crippen LogP contribution < -0.4 is 0 Å². The molecule has 2 bridgehead atoms. The topological polar surface area (TPSA) is 0 Å². The van der Waals surface area contributed by atoms with Crippen LogP contribution in [0.2, 0.25) is 0 Å². The molecule has 0 aromatic heterocycles. The summed E-state index contributed by atoms with van der Waals surface area (Å²) in [6.45, 7) is 9.22. The quantitative estimate of drug-likeness (QED) is 0.593. The van der Waals surface area contributed by atoms with Gasteiger partial charge < -0.3 is 0 Å². The van der Waals surface area contributed by atoms with Gasteiger partial charge in [0.2, 0.25) is 0 Å². The molecule has 0 heteroatoms. The summed E-state index contributed by atoms with van der Waals surface area (Å²) >= 11 is 0. The van der Waals surface area contributed by atoms with Gasteiger partial charge in [0, 0.05) is 1.37 Å². The molecule has 4 unspecified atom stereocenters. The van der Waals surface area contributed by atoms with E-state index in [1.54, 1.807) is 0 Å².